The number of carbonyl (C=O) groups is 2. The molecular formula is C14H17ClN2O6S. The Balaban J connectivity index is 2.21. The van der Waals surface area contributed by atoms with E-state index in [9.17, 15) is 23.1 Å². The number of carbonyl (C=O) groups excluding carboxylic acids is 2. The van der Waals surface area contributed by atoms with E-state index in [2.05, 4.69) is 5.32 Å². The standard InChI is InChI=1S/C14H17ClN2O6S/c1-16-13(19)8-23-14(20)12-6-10(18)7-17(12)24(21,22)11-4-2-9(15)3-5-11/h2-5,10,12,18H,6-8H2,1H3,(H,16,19)/t10-,12+/m1/s1. The van der Waals surface area contributed by atoms with E-state index in [4.69, 9.17) is 16.3 Å². The van der Waals surface area contributed by atoms with E-state index in [1.807, 2.05) is 0 Å². The Labute approximate surface area is 144 Å². The summed E-state index contributed by atoms with van der Waals surface area (Å²) in [4.78, 5) is 23.2. The number of halogens is 1. The molecule has 0 unspecified atom stereocenters. The first-order chi connectivity index (χ1) is 11.3. The fourth-order valence-electron chi connectivity index (χ4n) is 2.31. The summed E-state index contributed by atoms with van der Waals surface area (Å²) >= 11 is 5.75. The molecule has 2 rings (SSSR count). The number of esters is 1. The highest BCUT2D eigenvalue weighted by atomic mass is 35.5. The number of amides is 1. The van der Waals surface area contributed by atoms with Crippen LogP contribution in [0.3, 0.4) is 0 Å². The highest BCUT2D eigenvalue weighted by molar-refractivity contribution is 7.89. The minimum Gasteiger partial charge on any atom is -0.454 e. The maximum atomic E-state index is 12.7. The van der Waals surface area contributed by atoms with Gasteiger partial charge in [0.1, 0.15) is 6.04 Å². The molecule has 1 aliphatic heterocycles. The monoisotopic (exact) mass is 376 g/mol. The van der Waals surface area contributed by atoms with Gasteiger partial charge in [-0.1, -0.05) is 11.6 Å². The Hall–Kier alpha value is -1.68. The lowest BCUT2D eigenvalue weighted by Gasteiger charge is -2.22. The molecule has 1 aromatic rings. The Morgan fingerprint density at radius 2 is 2.00 bits per heavy atom. The summed E-state index contributed by atoms with van der Waals surface area (Å²) in [5, 5.41) is 12.4. The molecular weight excluding hydrogens is 360 g/mol. The van der Waals surface area contributed by atoms with Gasteiger partial charge >= 0.3 is 5.97 Å². The van der Waals surface area contributed by atoms with Gasteiger partial charge in [0.25, 0.3) is 5.91 Å². The summed E-state index contributed by atoms with van der Waals surface area (Å²) in [6.45, 7) is -0.749. The van der Waals surface area contributed by atoms with Gasteiger partial charge in [0.2, 0.25) is 10.0 Å². The van der Waals surface area contributed by atoms with Crippen LogP contribution in [0.2, 0.25) is 5.02 Å². The van der Waals surface area contributed by atoms with Gasteiger partial charge < -0.3 is 15.2 Å². The highest BCUT2D eigenvalue weighted by Crippen LogP contribution is 2.27. The molecule has 0 radical (unpaired) electrons. The summed E-state index contributed by atoms with van der Waals surface area (Å²) in [7, 11) is -2.63. The molecule has 0 aliphatic carbocycles. The number of hydrogen-bond donors (Lipinski definition) is 2. The number of hydrogen-bond acceptors (Lipinski definition) is 6. The van der Waals surface area contributed by atoms with Crippen molar-refractivity contribution in [3.8, 4) is 0 Å². The van der Waals surface area contributed by atoms with Crippen molar-refractivity contribution in [2.24, 2.45) is 0 Å². The molecule has 8 nitrogen and oxygen atoms in total. The van der Waals surface area contributed by atoms with E-state index in [-0.39, 0.29) is 17.9 Å². The van der Waals surface area contributed by atoms with Crippen molar-refractivity contribution >= 4 is 33.5 Å². The number of benzene rings is 1. The minimum atomic E-state index is -4.01. The maximum Gasteiger partial charge on any atom is 0.325 e. The number of likely N-dealkylation sites (N-methyl/N-ethyl adjacent to an activating group) is 1. The van der Waals surface area contributed by atoms with E-state index in [0.29, 0.717) is 5.02 Å². The van der Waals surface area contributed by atoms with Gasteiger partial charge in [0.05, 0.1) is 11.0 Å². The summed E-state index contributed by atoms with van der Waals surface area (Å²) in [5.41, 5.74) is 0. The van der Waals surface area contributed by atoms with Gasteiger partial charge in [0.15, 0.2) is 6.61 Å². The van der Waals surface area contributed by atoms with Crippen LogP contribution < -0.4 is 5.32 Å². The molecule has 1 heterocycles. The van der Waals surface area contributed by atoms with E-state index in [1.165, 1.54) is 31.3 Å². The van der Waals surface area contributed by atoms with Gasteiger partial charge in [-0.05, 0) is 24.3 Å². The van der Waals surface area contributed by atoms with Crippen molar-refractivity contribution in [1.82, 2.24) is 9.62 Å². The third-order valence-electron chi connectivity index (χ3n) is 3.55. The van der Waals surface area contributed by atoms with Crippen molar-refractivity contribution in [2.45, 2.75) is 23.5 Å². The molecule has 24 heavy (non-hydrogen) atoms. The number of ether oxygens (including phenoxy) is 1. The fourth-order valence-corrected chi connectivity index (χ4v) is 4.06. The van der Waals surface area contributed by atoms with Gasteiger partial charge in [-0.25, -0.2) is 8.42 Å². The third kappa shape index (κ3) is 4.04. The average Bonchev–Trinajstić information content (AvgIpc) is 2.95. The second kappa shape index (κ2) is 7.47. The van der Waals surface area contributed by atoms with Gasteiger partial charge in [0, 0.05) is 25.0 Å². The van der Waals surface area contributed by atoms with Crippen LogP contribution in [0.25, 0.3) is 0 Å². The van der Waals surface area contributed by atoms with Crippen LogP contribution in [-0.4, -0.2) is 62.1 Å². The molecule has 10 heteroatoms. The number of rotatable bonds is 5. The van der Waals surface area contributed by atoms with Crippen LogP contribution in [0.15, 0.2) is 29.2 Å². The molecule has 2 atom stereocenters. The number of nitrogens with one attached hydrogen (secondary N) is 1. The van der Waals surface area contributed by atoms with Crippen LogP contribution in [-0.2, 0) is 24.3 Å². The van der Waals surface area contributed by atoms with Gasteiger partial charge in [-0.2, -0.15) is 4.31 Å². The minimum absolute atomic E-state index is 0.0508. The smallest absolute Gasteiger partial charge is 0.325 e. The van der Waals surface area contributed by atoms with Crippen molar-refractivity contribution in [2.75, 3.05) is 20.2 Å². The number of sulfonamides is 1. The largest absolute Gasteiger partial charge is 0.454 e. The zero-order chi connectivity index (χ0) is 17.9. The molecule has 1 saturated heterocycles. The number of aliphatic hydroxyl groups excluding tert-OH is 1. The molecule has 1 aliphatic rings. The first-order valence-corrected chi connectivity index (χ1v) is 8.90. The number of aliphatic hydroxyl groups is 1. The molecule has 0 saturated carbocycles. The Kier molecular flexibility index (Phi) is 5.81. The molecule has 0 spiro atoms. The molecule has 0 bridgehead atoms. The van der Waals surface area contributed by atoms with Crippen LogP contribution in [0.5, 0.6) is 0 Å². The first-order valence-electron chi connectivity index (χ1n) is 7.08. The summed E-state index contributed by atoms with van der Waals surface area (Å²) in [6, 6.07) is 4.27. The lowest BCUT2D eigenvalue weighted by molar-refractivity contribution is -0.151. The fraction of sp³-hybridized carbons (Fsp3) is 0.429. The molecule has 1 fully saturated rings. The van der Waals surface area contributed by atoms with Gasteiger partial charge in [-0.15, -0.1) is 0 Å². The lowest BCUT2D eigenvalue weighted by Crippen LogP contribution is -2.42. The van der Waals surface area contributed by atoms with Crippen molar-refractivity contribution in [3.63, 3.8) is 0 Å². The Bertz CT molecular complexity index is 721. The molecule has 2 N–H and O–H groups in total. The average molecular weight is 377 g/mol. The van der Waals surface area contributed by atoms with Crippen LogP contribution >= 0.6 is 11.6 Å². The van der Waals surface area contributed by atoms with E-state index in [0.717, 1.165) is 4.31 Å². The maximum absolute atomic E-state index is 12.7. The SMILES string of the molecule is CNC(=O)COC(=O)[C@@H]1C[C@@H](O)CN1S(=O)(=O)c1ccc(Cl)cc1. The summed E-state index contributed by atoms with van der Waals surface area (Å²) in [5.74, 6) is -1.40. The van der Waals surface area contributed by atoms with Crippen molar-refractivity contribution in [3.05, 3.63) is 29.3 Å². The molecule has 0 aromatic heterocycles. The Morgan fingerprint density at radius 1 is 1.38 bits per heavy atom. The zero-order valence-corrected chi connectivity index (χ0v) is 14.4. The van der Waals surface area contributed by atoms with Crippen LogP contribution in [0.1, 0.15) is 6.42 Å². The zero-order valence-electron chi connectivity index (χ0n) is 12.8. The normalized spacial score (nSPS) is 21.5. The Morgan fingerprint density at radius 3 is 2.58 bits per heavy atom. The van der Waals surface area contributed by atoms with Crippen molar-refractivity contribution in [1.29, 1.82) is 0 Å². The number of β-amino-alcohol motifs (C(OH)–C–C–N with tert-alkyl or cyclic N) is 1. The molecule has 1 amide bonds. The second-order valence-electron chi connectivity index (χ2n) is 5.21. The molecule has 132 valence electrons. The van der Waals surface area contributed by atoms with E-state index >= 15 is 0 Å². The predicted octanol–water partition coefficient (Wildman–Crippen LogP) is -0.247. The van der Waals surface area contributed by atoms with Crippen LogP contribution in [0, 0.1) is 0 Å². The highest BCUT2D eigenvalue weighted by Gasteiger charge is 2.44. The van der Waals surface area contributed by atoms with E-state index in [1.54, 1.807) is 0 Å². The van der Waals surface area contributed by atoms with Crippen LogP contribution in [0.4, 0.5) is 0 Å². The van der Waals surface area contributed by atoms with Crippen molar-refractivity contribution < 1.29 is 27.9 Å². The third-order valence-corrected chi connectivity index (χ3v) is 5.69. The van der Waals surface area contributed by atoms with Gasteiger partial charge in [-0.3, -0.25) is 9.59 Å². The summed E-state index contributed by atoms with van der Waals surface area (Å²) in [6.07, 6.45) is -1.09. The summed E-state index contributed by atoms with van der Waals surface area (Å²) < 4.78 is 31.1. The topological polar surface area (TPSA) is 113 Å². The van der Waals surface area contributed by atoms with E-state index < -0.39 is 40.7 Å². The second-order valence-corrected chi connectivity index (χ2v) is 7.54. The molecule has 1 aromatic carbocycles. The predicted molar refractivity (Wildman–Crippen MR) is 84.8 cm³/mol. The lowest BCUT2D eigenvalue weighted by atomic mass is 10.2. The number of nitrogens with zero attached hydrogens (tertiary/aromatic N) is 1. The quantitative estimate of drug-likeness (QED) is 0.685. The first kappa shape index (κ1) is 18.7.